The molecule has 2 rings (SSSR count). The summed E-state index contributed by atoms with van der Waals surface area (Å²) in [5.41, 5.74) is 0. The molecule has 0 saturated carbocycles. The molecule has 0 aliphatic carbocycles. The molecule has 1 N–H and O–H groups in total. The third-order valence-corrected chi connectivity index (χ3v) is 3.84. The molecule has 19 heavy (non-hydrogen) atoms. The van der Waals surface area contributed by atoms with Gasteiger partial charge in [-0.15, -0.1) is 0 Å². The van der Waals surface area contributed by atoms with E-state index in [-0.39, 0.29) is 18.6 Å². The SMILES string of the molecule is C=CCOC(=O)N1CC(N2CCC(C(=O)O)CC2)C1. The van der Waals surface area contributed by atoms with Gasteiger partial charge >= 0.3 is 12.1 Å². The van der Waals surface area contributed by atoms with Crippen molar-refractivity contribution < 1.29 is 19.4 Å². The highest BCUT2D eigenvalue weighted by Crippen LogP contribution is 2.23. The molecule has 2 heterocycles. The number of carboxylic acids is 1. The van der Waals surface area contributed by atoms with Crippen molar-refractivity contribution in [3.63, 3.8) is 0 Å². The Labute approximate surface area is 112 Å². The van der Waals surface area contributed by atoms with Crippen LogP contribution >= 0.6 is 0 Å². The second-order valence-electron chi connectivity index (χ2n) is 5.07. The summed E-state index contributed by atoms with van der Waals surface area (Å²) >= 11 is 0. The first-order chi connectivity index (χ1) is 9.11. The van der Waals surface area contributed by atoms with Crippen LogP contribution in [0, 0.1) is 5.92 Å². The van der Waals surface area contributed by atoms with Crippen LogP contribution in [0.5, 0.6) is 0 Å². The van der Waals surface area contributed by atoms with Crippen molar-refractivity contribution in [2.45, 2.75) is 18.9 Å². The van der Waals surface area contributed by atoms with Crippen molar-refractivity contribution in [1.29, 1.82) is 0 Å². The maximum absolute atomic E-state index is 11.5. The minimum Gasteiger partial charge on any atom is -0.481 e. The molecule has 0 unspecified atom stereocenters. The van der Waals surface area contributed by atoms with Crippen LogP contribution in [0.25, 0.3) is 0 Å². The van der Waals surface area contributed by atoms with Crippen LogP contribution in [0.1, 0.15) is 12.8 Å². The van der Waals surface area contributed by atoms with Crippen molar-refractivity contribution in [3.05, 3.63) is 12.7 Å². The number of hydrogen-bond donors (Lipinski definition) is 1. The van der Waals surface area contributed by atoms with E-state index in [1.165, 1.54) is 0 Å². The topological polar surface area (TPSA) is 70.1 Å². The van der Waals surface area contributed by atoms with Gasteiger partial charge in [0, 0.05) is 19.1 Å². The monoisotopic (exact) mass is 268 g/mol. The van der Waals surface area contributed by atoms with Crippen molar-refractivity contribution >= 4 is 12.1 Å². The summed E-state index contributed by atoms with van der Waals surface area (Å²) in [7, 11) is 0. The van der Waals surface area contributed by atoms with Gasteiger partial charge in [-0.25, -0.2) is 4.79 Å². The third-order valence-electron chi connectivity index (χ3n) is 3.84. The van der Waals surface area contributed by atoms with Crippen LogP contribution in [0.3, 0.4) is 0 Å². The van der Waals surface area contributed by atoms with E-state index in [1.807, 2.05) is 0 Å². The first kappa shape index (κ1) is 13.9. The lowest BCUT2D eigenvalue weighted by Crippen LogP contribution is -2.62. The van der Waals surface area contributed by atoms with Gasteiger partial charge in [-0.3, -0.25) is 9.69 Å². The number of nitrogens with zero attached hydrogens (tertiary/aromatic N) is 2. The zero-order chi connectivity index (χ0) is 13.8. The van der Waals surface area contributed by atoms with Crippen LogP contribution in [-0.4, -0.2) is 65.8 Å². The standard InChI is InChI=1S/C13H20N2O4/c1-2-7-19-13(18)15-8-11(9-15)14-5-3-10(4-6-14)12(16)17/h2,10-11H,1,3-9H2,(H,16,17). The van der Waals surface area contributed by atoms with Crippen molar-refractivity contribution in [2.24, 2.45) is 5.92 Å². The van der Waals surface area contributed by atoms with Crippen molar-refractivity contribution in [3.8, 4) is 0 Å². The molecule has 2 aliphatic rings. The molecule has 6 nitrogen and oxygen atoms in total. The van der Waals surface area contributed by atoms with Gasteiger partial charge in [-0.1, -0.05) is 12.7 Å². The summed E-state index contributed by atoms with van der Waals surface area (Å²) in [5, 5.41) is 8.94. The van der Waals surface area contributed by atoms with E-state index < -0.39 is 5.97 Å². The fourth-order valence-electron chi connectivity index (χ4n) is 2.57. The number of amides is 1. The molecular weight excluding hydrogens is 248 g/mol. The Kier molecular flexibility index (Phi) is 4.42. The molecule has 2 saturated heterocycles. The predicted molar refractivity (Wildman–Crippen MR) is 68.8 cm³/mol. The molecule has 0 aromatic rings. The lowest BCUT2D eigenvalue weighted by Gasteiger charge is -2.46. The normalized spacial score (nSPS) is 21.8. The molecule has 0 aromatic heterocycles. The summed E-state index contributed by atoms with van der Waals surface area (Å²) in [4.78, 5) is 26.3. The van der Waals surface area contributed by atoms with E-state index in [0.29, 0.717) is 32.0 Å². The van der Waals surface area contributed by atoms with E-state index in [2.05, 4.69) is 11.5 Å². The Hall–Kier alpha value is -1.56. The Bertz CT molecular complexity index is 358. The Balaban J connectivity index is 1.69. The number of aliphatic carboxylic acids is 1. The van der Waals surface area contributed by atoms with Crippen molar-refractivity contribution in [2.75, 3.05) is 32.8 Å². The summed E-state index contributed by atoms with van der Waals surface area (Å²) in [6.45, 7) is 6.69. The lowest BCUT2D eigenvalue weighted by atomic mass is 9.94. The molecule has 6 heteroatoms. The maximum Gasteiger partial charge on any atom is 0.410 e. The molecule has 106 valence electrons. The van der Waals surface area contributed by atoms with Gasteiger partial charge < -0.3 is 14.7 Å². The quantitative estimate of drug-likeness (QED) is 0.763. The van der Waals surface area contributed by atoms with E-state index in [0.717, 1.165) is 13.1 Å². The van der Waals surface area contributed by atoms with Crippen LogP contribution in [0.15, 0.2) is 12.7 Å². The Morgan fingerprint density at radius 2 is 1.95 bits per heavy atom. The van der Waals surface area contributed by atoms with Crippen LogP contribution in [0.2, 0.25) is 0 Å². The van der Waals surface area contributed by atoms with Gasteiger partial charge in [0.1, 0.15) is 6.61 Å². The van der Waals surface area contributed by atoms with Gasteiger partial charge in [0.15, 0.2) is 0 Å². The van der Waals surface area contributed by atoms with Crippen LogP contribution < -0.4 is 0 Å². The smallest absolute Gasteiger partial charge is 0.410 e. The molecule has 0 radical (unpaired) electrons. The molecule has 0 bridgehead atoms. The minimum atomic E-state index is -0.692. The number of ether oxygens (including phenoxy) is 1. The van der Waals surface area contributed by atoms with Gasteiger partial charge in [-0.05, 0) is 25.9 Å². The van der Waals surface area contributed by atoms with Gasteiger partial charge in [0.2, 0.25) is 0 Å². The number of carbonyl (C=O) groups is 2. The number of carbonyl (C=O) groups excluding carboxylic acids is 1. The number of rotatable bonds is 4. The van der Waals surface area contributed by atoms with E-state index >= 15 is 0 Å². The second kappa shape index (κ2) is 6.06. The summed E-state index contributed by atoms with van der Waals surface area (Å²) in [6.07, 6.45) is 2.65. The summed E-state index contributed by atoms with van der Waals surface area (Å²) < 4.78 is 4.95. The minimum absolute atomic E-state index is 0.204. The zero-order valence-corrected chi connectivity index (χ0v) is 11.0. The number of carboxylic acid groups (broad SMARTS) is 1. The van der Waals surface area contributed by atoms with E-state index in [9.17, 15) is 9.59 Å². The van der Waals surface area contributed by atoms with E-state index in [4.69, 9.17) is 9.84 Å². The average molecular weight is 268 g/mol. The number of hydrogen-bond acceptors (Lipinski definition) is 4. The van der Waals surface area contributed by atoms with Gasteiger partial charge in [-0.2, -0.15) is 0 Å². The van der Waals surface area contributed by atoms with Gasteiger partial charge in [0.25, 0.3) is 0 Å². The average Bonchev–Trinajstić information content (AvgIpc) is 2.35. The number of likely N-dealkylation sites (tertiary alicyclic amines) is 2. The Morgan fingerprint density at radius 1 is 1.32 bits per heavy atom. The summed E-state index contributed by atoms with van der Waals surface area (Å²) in [6, 6.07) is 0.353. The van der Waals surface area contributed by atoms with E-state index in [1.54, 1.807) is 11.0 Å². The fourth-order valence-corrected chi connectivity index (χ4v) is 2.57. The maximum atomic E-state index is 11.5. The number of piperidine rings is 1. The molecular formula is C13H20N2O4. The molecule has 0 atom stereocenters. The predicted octanol–water partition coefficient (Wildman–Crippen LogP) is 0.790. The first-order valence-electron chi connectivity index (χ1n) is 6.61. The summed E-state index contributed by atoms with van der Waals surface area (Å²) in [5.74, 6) is -0.895. The van der Waals surface area contributed by atoms with Crippen LogP contribution in [0.4, 0.5) is 4.79 Å². The highest BCUT2D eigenvalue weighted by atomic mass is 16.6. The molecule has 0 spiro atoms. The third kappa shape index (κ3) is 3.26. The molecule has 2 fully saturated rings. The highest BCUT2D eigenvalue weighted by Gasteiger charge is 2.37. The van der Waals surface area contributed by atoms with Gasteiger partial charge in [0.05, 0.1) is 5.92 Å². The molecule has 1 amide bonds. The second-order valence-corrected chi connectivity index (χ2v) is 5.07. The fraction of sp³-hybridized carbons (Fsp3) is 0.692. The van der Waals surface area contributed by atoms with Crippen molar-refractivity contribution in [1.82, 2.24) is 9.80 Å². The molecule has 0 aromatic carbocycles. The highest BCUT2D eigenvalue weighted by molar-refractivity contribution is 5.70. The lowest BCUT2D eigenvalue weighted by molar-refractivity contribution is -0.143. The zero-order valence-electron chi connectivity index (χ0n) is 11.0. The largest absolute Gasteiger partial charge is 0.481 e. The molecule has 2 aliphatic heterocycles. The van der Waals surface area contributed by atoms with Crippen LogP contribution in [-0.2, 0) is 9.53 Å². The Morgan fingerprint density at radius 3 is 2.47 bits per heavy atom. The first-order valence-corrected chi connectivity index (χ1v) is 6.61.